The fourth-order valence-electron chi connectivity index (χ4n) is 2.11. The summed E-state index contributed by atoms with van der Waals surface area (Å²) in [4.78, 5) is 23.7. The second-order valence-corrected chi connectivity index (χ2v) is 5.48. The fourth-order valence-corrected chi connectivity index (χ4v) is 2.33. The number of hydrazone groups is 1. The van der Waals surface area contributed by atoms with Gasteiger partial charge in [-0.2, -0.15) is 5.10 Å². The van der Waals surface area contributed by atoms with Crippen LogP contribution >= 0.6 is 11.6 Å². The van der Waals surface area contributed by atoms with Gasteiger partial charge in [0.05, 0.1) is 23.3 Å². The van der Waals surface area contributed by atoms with Gasteiger partial charge in [-0.1, -0.05) is 23.7 Å². The van der Waals surface area contributed by atoms with Crippen molar-refractivity contribution in [2.24, 2.45) is 5.10 Å². The maximum Gasteiger partial charge on any atom is 0.259 e. The fraction of sp³-hybridized carbons (Fsp3) is 0.118. The van der Waals surface area contributed by atoms with E-state index in [9.17, 15) is 9.59 Å². The van der Waals surface area contributed by atoms with Crippen LogP contribution in [-0.2, 0) is 4.79 Å². The molecule has 25 heavy (non-hydrogen) atoms. The third kappa shape index (κ3) is 4.27. The first-order chi connectivity index (χ1) is 12.1. The van der Waals surface area contributed by atoms with Gasteiger partial charge in [0.2, 0.25) is 6.79 Å². The van der Waals surface area contributed by atoms with Crippen molar-refractivity contribution in [3.63, 3.8) is 0 Å². The number of fused-ring (bicyclic) bond motifs is 1. The van der Waals surface area contributed by atoms with Crippen molar-refractivity contribution in [1.29, 1.82) is 0 Å². The Balaban J connectivity index is 1.48. The van der Waals surface area contributed by atoms with Crippen LogP contribution in [0.3, 0.4) is 0 Å². The summed E-state index contributed by atoms with van der Waals surface area (Å²) in [6, 6.07) is 11.9. The highest BCUT2D eigenvalue weighted by Gasteiger charge is 2.13. The first-order valence-electron chi connectivity index (χ1n) is 7.38. The molecule has 3 rings (SSSR count). The lowest BCUT2D eigenvalue weighted by Crippen LogP contribution is -2.35. The van der Waals surface area contributed by atoms with Crippen molar-refractivity contribution < 1.29 is 19.1 Å². The Hall–Kier alpha value is -3.06. The zero-order valence-corrected chi connectivity index (χ0v) is 13.7. The zero-order valence-electron chi connectivity index (χ0n) is 13.0. The van der Waals surface area contributed by atoms with Crippen LogP contribution in [0.4, 0.5) is 0 Å². The molecule has 7 nitrogen and oxygen atoms in total. The van der Waals surface area contributed by atoms with Gasteiger partial charge >= 0.3 is 0 Å². The van der Waals surface area contributed by atoms with Crippen molar-refractivity contribution in [2.75, 3.05) is 13.3 Å². The van der Waals surface area contributed by atoms with Crippen LogP contribution in [0.5, 0.6) is 11.5 Å². The highest BCUT2D eigenvalue weighted by atomic mass is 35.5. The Morgan fingerprint density at radius 3 is 2.80 bits per heavy atom. The van der Waals surface area contributed by atoms with E-state index in [0.717, 1.165) is 5.56 Å². The Kier molecular flexibility index (Phi) is 5.15. The number of hydrogen-bond donors (Lipinski definition) is 2. The van der Waals surface area contributed by atoms with Crippen LogP contribution in [0.15, 0.2) is 47.6 Å². The molecule has 0 atom stereocenters. The van der Waals surface area contributed by atoms with Gasteiger partial charge in [-0.3, -0.25) is 9.59 Å². The molecule has 0 bridgehead atoms. The summed E-state index contributed by atoms with van der Waals surface area (Å²) in [5, 5.41) is 6.63. The number of hydrogen-bond acceptors (Lipinski definition) is 5. The van der Waals surface area contributed by atoms with Crippen LogP contribution in [0.1, 0.15) is 15.9 Å². The average Bonchev–Trinajstić information content (AvgIpc) is 3.08. The SMILES string of the molecule is O=C(CNC(=O)c1ccccc1Cl)N/N=C\c1ccc2c(c1)OCO2. The van der Waals surface area contributed by atoms with Crippen LogP contribution in [0.2, 0.25) is 5.02 Å². The van der Waals surface area contributed by atoms with Gasteiger partial charge in [0.15, 0.2) is 11.5 Å². The molecule has 0 aromatic heterocycles. The molecule has 2 aromatic carbocycles. The lowest BCUT2D eigenvalue weighted by Gasteiger charge is -2.05. The number of carbonyl (C=O) groups is 2. The molecule has 2 N–H and O–H groups in total. The summed E-state index contributed by atoms with van der Waals surface area (Å²) >= 11 is 5.92. The normalized spacial score (nSPS) is 12.2. The van der Waals surface area contributed by atoms with Crippen molar-refractivity contribution in [2.45, 2.75) is 0 Å². The molecule has 0 aliphatic carbocycles. The Labute approximate surface area is 148 Å². The molecule has 1 aliphatic heterocycles. The van der Waals surface area contributed by atoms with Crippen LogP contribution < -0.4 is 20.2 Å². The third-order valence-electron chi connectivity index (χ3n) is 3.33. The number of amides is 2. The molecular weight excluding hydrogens is 346 g/mol. The van der Waals surface area contributed by atoms with Crippen molar-refractivity contribution in [3.8, 4) is 11.5 Å². The number of nitrogens with one attached hydrogen (secondary N) is 2. The zero-order chi connectivity index (χ0) is 17.6. The number of ether oxygens (including phenoxy) is 2. The molecule has 0 radical (unpaired) electrons. The standard InChI is InChI=1S/C17H14ClN3O4/c18-13-4-2-1-3-12(13)17(23)19-9-16(22)21-20-8-11-5-6-14-15(7-11)25-10-24-14/h1-8H,9-10H2,(H,19,23)(H,21,22)/b20-8-. The summed E-state index contributed by atoms with van der Waals surface area (Å²) in [5.74, 6) is 0.406. The first-order valence-corrected chi connectivity index (χ1v) is 7.75. The van der Waals surface area contributed by atoms with E-state index in [-0.39, 0.29) is 13.3 Å². The van der Waals surface area contributed by atoms with E-state index in [1.54, 1.807) is 42.5 Å². The average molecular weight is 360 g/mol. The summed E-state index contributed by atoms with van der Waals surface area (Å²) in [6.45, 7) is -0.0275. The number of benzene rings is 2. The van der Waals surface area contributed by atoms with Gasteiger partial charge in [-0.05, 0) is 35.9 Å². The highest BCUT2D eigenvalue weighted by molar-refractivity contribution is 6.33. The first kappa shape index (κ1) is 16.8. The minimum Gasteiger partial charge on any atom is -0.454 e. The van der Waals surface area contributed by atoms with Gasteiger partial charge in [-0.15, -0.1) is 0 Å². The molecule has 2 aromatic rings. The second kappa shape index (κ2) is 7.67. The number of rotatable bonds is 5. The van der Waals surface area contributed by atoms with E-state index in [2.05, 4.69) is 15.8 Å². The van der Waals surface area contributed by atoms with E-state index >= 15 is 0 Å². The summed E-state index contributed by atoms with van der Waals surface area (Å²) in [6.07, 6.45) is 1.47. The second-order valence-electron chi connectivity index (χ2n) is 5.07. The van der Waals surface area contributed by atoms with E-state index in [4.69, 9.17) is 21.1 Å². The molecule has 0 saturated heterocycles. The topological polar surface area (TPSA) is 89.0 Å². The van der Waals surface area contributed by atoms with Crippen molar-refractivity contribution in [1.82, 2.24) is 10.7 Å². The third-order valence-corrected chi connectivity index (χ3v) is 3.66. The number of carbonyl (C=O) groups excluding carboxylic acids is 2. The van der Waals surface area contributed by atoms with Gasteiger partial charge in [0.1, 0.15) is 0 Å². The van der Waals surface area contributed by atoms with Crippen molar-refractivity contribution in [3.05, 3.63) is 58.6 Å². The molecule has 0 fully saturated rings. The smallest absolute Gasteiger partial charge is 0.259 e. The maximum absolute atomic E-state index is 11.9. The predicted molar refractivity (Wildman–Crippen MR) is 92.1 cm³/mol. The number of halogens is 1. The van der Waals surface area contributed by atoms with Gasteiger partial charge < -0.3 is 14.8 Å². The molecule has 128 valence electrons. The monoisotopic (exact) mass is 359 g/mol. The molecule has 1 aliphatic rings. The molecule has 1 heterocycles. The van der Waals surface area contributed by atoms with Crippen molar-refractivity contribution >= 4 is 29.6 Å². The summed E-state index contributed by atoms with van der Waals surface area (Å²) < 4.78 is 10.5. The van der Waals surface area contributed by atoms with Gasteiger partial charge in [-0.25, -0.2) is 5.43 Å². The molecule has 8 heteroatoms. The van der Waals surface area contributed by atoms with Gasteiger partial charge in [0.25, 0.3) is 11.8 Å². The molecular formula is C17H14ClN3O4. The van der Waals surface area contributed by atoms with E-state index in [1.165, 1.54) is 6.21 Å². The van der Waals surface area contributed by atoms with Crippen LogP contribution in [0.25, 0.3) is 0 Å². The summed E-state index contributed by atoms with van der Waals surface area (Å²) in [7, 11) is 0. The van der Waals surface area contributed by atoms with E-state index < -0.39 is 11.8 Å². The largest absolute Gasteiger partial charge is 0.454 e. The lowest BCUT2D eigenvalue weighted by molar-refractivity contribution is -0.120. The lowest BCUT2D eigenvalue weighted by atomic mass is 10.2. The Morgan fingerprint density at radius 2 is 1.96 bits per heavy atom. The summed E-state index contributed by atoms with van der Waals surface area (Å²) in [5.41, 5.74) is 3.38. The Morgan fingerprint density at radius 1 is 1.16 bits per heavy atom. The number of nitrogens with zero attached hydrogens (tertiary/aromatic N) is 1. The molecule has 2 amide bonds. The molecule has 0 unspecified atom stereocenters. The minimum atomic E-state index is -0.461. The minimum absolute atomic E-state index is 0.192. The predicted octanol–water partition coefficient (Wildman–Crippen LogP) is 1.95. The van der Waals surface area contributed by atoms with Crippen LogP contribution in [-0.4, -0.2) is 31.4 Å². The maximum atomic E-state index is 11.9. The quantitative estimate of drug-likeness (QED) is 0.630. The molecule has 0 spiro atoms. The van der Waals surface area contributed by atoms with Gasteiger partial charge in [0, 0.05) is 0 Å². The highest BCUT2D eigenvalue weighted by Crippen LogP contribution is 2.31. The molecule has 0 saturated carbocycles. The Bertz CT molecular complexity index is 838. The van der Waals surface area contributed by atoms with Crippen LogP contribution in [0, 0.1) is 0 Å². The van der Waals surface area contributed by atoms with E-state index in [0.29, 0.717) is 22.1 Å². The van der Waals surface area contributed by atoms with E-state index in [1.807, 2.05) is 0 Å².